The number of benzene rings is 1. The Morgan fingerprint density at radius 2 is 2.17 bits per heavy atom. The Hall–Kier alpha value is -2.24. The number of rotatable bonds is 4. The molecule has 0 radical (unpaired) electrons. The van der Waals surface area contributed by atoms with Crippen LogP contribution in [0.15, 0.2) is 18.2 Å². The van der Waals surface area contributed by atoms with Crippen molar-refractivity contribution >= 4 is 5.97 Å². The van der Waals surface area contributed by atoms with Gasteiger partial charge in [-0.05, 0) is 30.2 Å². The highest BCUT2D eigenvalue weighted by molar-refractivity contribution is 5.66. The number of carboxylic acids is 1. The van der Waals surface area contributed by atoms with Crippen LogP contribution in [0.4, 0.5) is 0 Å². The summed E-state index contributed by atoms with van der Waals surface area (Å²) in [5.41, 5.74) is 3.50. The molecule has 0 saturated carbocycles. The number of aliphatic carboxylic acids is 1. The Labute approximate surface area is 104 Å². The highest BCUT2D eigenvalue weighted by Gasteiger charge is 2.08. The van der Waals surface area contributed by atoms with Crippen molar-refractivity contribution in [2.24, 2.45) is 0 Å². The molecule has 0 unspecified atom stereocenters. The van der Waals surface area contributed by atoms with Gasteiger partial charge < -0.3 is 5.11 Å². The number of carbonyl (C=O) groups is 1. The first kappa shape index (κ1) is 12.2. The number of hydrogen-bond acceptors (Lipinski definition) is 4. The molecule has 0 aliphatic heterocycles. The number of tetrazole rings is 1. The largest absolute Gasteiger partial charge is 0.480 e. The van der Waals surface area contributed by atoms with E-state index < -0.39 is 5.97 Å². The van der Waals surface area contributed by atoms with Crippen molar-refractivity contribution in [3.05, 3.63) is 40.7 Å². The molecule has 2 aromatic rings. The Morgan fingerprint density at radius 1 is 1.39 bits per heavy atom. The van der Waals surface area contributed by atoms with Crippen LogP contribution >= 0.6 is 0 Å². The molecule has 6 nitrogen and oxygen atoms in total. The van der Waals surface area contributed by atoms with Gasteiger partial charge in [0, 0.05) is 6.42 Å². The summed E-state index contributed by atoms with van der Waals surface area (Å²) in [5, 5.41) is 20.2. The number of aromatic nitrogens is 4. The normalized spacial score (nSPS) is 10.6. The molecule has 94 valence electrons. The molecule has 1 aromatic carbocycles. The summed E-state index contributed by atoms with van der Waals surface area (Å²) in [4.78, 5) is 11.6. The summed E-state index contributed by atoms with van der Waals surface area (Å²) in [6, 6.07) is 6.16. The van der Waals surface area contributed by atoms with Gasteiger partial charge in [-0.2, -0.15) is 4.80 Å². The van der Waals surface area contributed by atoms with E-state index in [2.05, 4.69) is 21.5 Å². The molecule has 1 heterocycles. The monoisotopic (exact) mass is 246 g/mol. The van der Waals surface area contributed by atoms with Crippen LogP contribution in [-0.2, 0) is 17.8 Å². The van der Waals surface area contributed by atoms with Gasteiger partial charge in [-0.1, -0.05) is 23.8 Å². The van der Waals surface area contributed by atoms with E-state index in [-0.39, 0.29) is 6.54 Å². The molecule has 0 fully saturated rings. The maximum absolute atomic E-state index is 10.5. The van der Waals surface area contributed by atoms with E-state index in [1.54, 1.807) is 0 Å². The first-order valence-electron chi connectivity index (χ1n) is 5.59. The van der Waals surface area contributed by atoms with E-state index in [1.165, 1.54) is 11.1 Å². The molecule has 0 bridgehead atoms. The van der Waals surface area contributed by atoms with Crippen LogP contribution in [0.3, 0.4) is 0 Å². The lowest BCUT2D eigenvalue weighted by atomic mass is 10.0. The van der Waals surface area contributed by atoms with Crippen molar-refractivity contribution in [1.82, 2.24) is 20.2 Å². The van der Waals surface area contributed by atoms with E-state index >= 15 is 0 Å². The Bertz CT molecular complexity index is 577. The maximum atomic E-state index is 10.5. The third-order valence-electron chi connectivity index (χ3n) is 2.62. The van der Waals surface area contributed by atoms with Crippen LogP contribution in [-0.4, -0.2) is 31.3 Å². The Kier molecular flexibility index (Phi) is 3.36. The molecule has 0 atom stereocenters. The Morgan fingerprint density at radius 3 is 2.83 bits per heavy atom. The van der Waals surface area contributed by atoms with E-state index in [1.807, 2.05) is 26.0 Å². The van der Waals surface area contributed by atoms with Crippen LogP contribution in [0.1, 0.15) is 22.5 Å². The van der Waals surface area contributed by atoms with Gasteiger partial charge in [0.1, 0.15) is 0 Å². The smallest absolute Gasteiger partial charge is 0.327 e. The molecule has 6 heteroatoms. The van der Waals surface area contributed by atoms with Crippen LogP contribution < -0.4 is 0 Å². The van der Waals surface area contributed by atoms with Crippen LogP contribution in [0, 0.1) is 13.8 Å². The van der Waals surface area contributed by atoms with Crippen LogP contribution in [0.5, 0.6) is 0 Å². The second-order valence-electron chi connectivity index (χ2n) is 4.24. The SMILES string of the molecule is Cc1ccc(Cc2nnn(CC(=O)O)n2)c(C)c1. The third kappa shape index (κ3) is 2.91. The first-order valence-corrected chi connectivity index (χ1v) is 5.59. The van der Waals surface area contributed by atoms with E-state index in [0.717, 1.165) is 10.4 Å². The van der Waals surface area contributed by atoms with Crippen LogP contribution in [0.2, 0.25) is 0 Å². The van der Waals surface area contributed by atoms with Gasteiger partial charge >= 0.3 is 5.97 Å². The summed E-state index contributed by atoms with van der Waals surface area (Å²) in [6.45, 7) is 3.81. The molecule has 18 heavy (non-hydrogen) atoms. The lowest BCUT2D eigenvalue weighted by molar-refractivity contribution is -0.138. The van der Waals surface area contributed by atoms with Crippen molar-refractivity contribution in [3.8, 4) is 0 Å². The zero-order valence-electron chi connectivity index (χ0n) is 10.3. The fourth-order valence-electron chi connectivity index (χ4n) is 1.75. The molecule has 2 rings (SSSR count). The third-order valence-corrected chi connectivity index (χ3v) is 2.62. The zero-order chi connectivity index (χ0) is 13.1. The van der Waals surface area contributed by atoms with Crippen molar-refractivity contribution in [1.29, 1.82) is 0 Å². The second kappa shape index (κ2) is 4.95. The number of nitrogens with zero attached hydrogens (tertiary/aromatic N) is 4. The first-order chi connectivity index (χ1) is 8.54. The predicted molar refractivity (Wildman–Crippen MR) is 64.2 cm³/mol. The van der Waals surface area contributed by atoms with E-state index in [9.17, 15) is 4.79 Å². The summed E-state index contributed by atoms with van der Waals surface area (Å²) in [5.74, 6) is -0.450. The average Bonchev–Trinajstić information content (AvgIpc) is 2.69. The van der Waals surface area contributed by atoms with Gasteiger partial charge in [0.15, 0.2) is 12.4 Å². The summed E-state index contributed by atoms with van der Waals surface area (Å²) < 4.78 is 0. The summed E-state index contributed by atoms with van der Waals surface area (Å²) in [6.07, 6.45) is 0.561. The van der Waals surface area contributed by atoms with E-state index in [0.29, 0.717) is 12.2 Å². The molecule has 0 aliphatic rings. The van der Waals surface area contributed by atoms with Gasteiger partial charge in [-0.25, -0.2) is 0 Å². The molecular formula is C12H14N4O2. The van der Waals surface area contributed by atoms with Crippen molar-refractivity contribution in [2.45, 2.75) is 26.8 Å². The van der Waals surface area contributed by atoms with Gasteiger partial charge in [-0.3, -0.25) is 4.79 Å². The van der Waals surface area contributed by atoms with Gasteiger partial charge in [0.25, 0.3) is 0 Å². The fraction of sp³-hybridized carbons (Fsp3) is 0.333. The van der Waals surface area contributed by atoms with Gasteiger partial charge in [-0.15, -0.1) is 10.2 Å². The van der Waals surface area contributed by atoms with Gasteiger partial charge in [0.05, 0.1) is 0 Å². The lowest BCUT2D eigenvalue weighted by Crippen LogP contribution is -2.11. The molecule has 0 amide bonds. The zero-order valence-corrected chi connectivity index (χ0v) is 10.3. The Balaban J connectivity index is 2.13. The van der Waals surface area contributed by atoms with Crippen molar-refractivity contribution < 1.29 is 9.90 Å². The summed E-state index contributed by atoms with van der Waals surface area (Å²) >= 11 is 0. The summed E-state index contributed by atoms with van der Waals surface area (Å²) in [7, 11) is 0. The minimum atomic E-state index is -0.981. The number of hydrogen-bond donors (Lipinski definition) is 1. The van der Waals surface area contributed by atoms with Gasteiger partial charge in [0.2, 0.25) is 0 Å². The molecular weight excluding hydrogens is 232 g/mol. The van der Waals surface area contributed by atoms with Crippen molar-refractivity contribution in [3.63, 3.8) is 0 Å². The second-order valence-corrected chi connectivity index (χ2v) is 4.24. The molecule has 0 spiro atoms. The molecule has 1 aromatic heterocycles. The number of carboxylic acid groups (broad SMARTS) is 1. The average molecular weight is 246 g/mol. The fourth-order valence-corrected chi connectivity index (χ4v) is 1.75. The van der Waals surface area contributed by atoms with Crippen molar-refractivity contribution in [2.75, 3.05) is 0 Å². The minimum absolute atomic E-state index is 0.264. The molecule has 0 aliphatic carbocycles. The predicted octanol–water partition coefficient (Wildman–Crippen LogP) is 0.965. The highest BCUT2D eigenvalue weighted by atomic mass is 16.4. The molecule has 0 saturated heterocycles. The number of aryl methyl sites for hydroxylation is 2. The lowest BCUT2D eigenvalue weighted by Gasteiger charge is -2.03. The van der Waals surface area contributed by atoms with Crippen LogP contribution in [0.25, 0.3) is 0 Å². The molecule has 1 N–H and O–H groups in total. The maximum Gasteiger partial charge on any atom is 0.327 e. The topological polar surface area (TPSA) is 80.9 Å². The standard InChI is InChI=1S/C12H14N4O2/c1-8-3-4-10(9(2)5-8)6-11-13-15-16(14-11)7-12(17)18/h3-5H,6-7H2,1-2H3,(H,17,18). The highest BCUT2D eigenvalue weighted by Crippen LogP contribution is 2.13. The minimum Gasteiger partial charge on any atom is -0.480 e. The van der Waals surface area contributed by atoms with E-state index in [4.69, 9.17) is 5.11 Å². The quantitative estimate of drug-likeness (QED) is 0.869.